The van der Waals surface area contributed by atoms with Crippen LogP contribution in [0.15, 0.2) is 28.8 Å². The predicted molar refractivity (Wildman–Crippen MR) is 89.8 cm³/mol. The Balaban J connectivity index is 0.00000144. The molecule has 0 radical (unpaired) electrons. The molecule has 2 heterocycles. The topological polar surface area (TPSA) is 77.8 Å². The Kier molecular flexibility index (Phi) is 3.99. The molecule has 114 valence electrons. The van der Waals surface area contributed by atoms with Crippen molar-refractivity contribution in [3.05, 3.63) is 41.0 Å². The van der Waals surface area contributed by atoms with E-state index in [1.54, 1.807) is 17.4 Å². The van der Waals surface area contributed by atoms with Crippen LogP contribution in [0.25, 0.3) is 22.4 Å². The fraction of sp³-hybridized carbons (Fsp3) is 0.267. The largest absolute Gasteiger partial charge is 0.335 e. The molecule has 7 heteroatoms. The molecule has 0 saturated heterocycles. The van der Waals surface area contributed by atoms with Crippen LogP contribution in [0.4, 0.5) is 0 Å². The van der Waals surface area contributed by atoms with Crippen molar-refractivity contribution in [2.75, 3.05) is 0 Å². The molecule has 0 bridgehead atoms. The van der Waals surface area contributed by atoms with Gasteiger partial charge in [-0.25, -0.2) is 4.98 Å². The number of fused-ring (bicyclic) bond motifs is 1. The van der Waals surface area contributed by atoms with Gasteiger partial charge in [-0.2, -0.15) is 4.98 Å². The smallest absolute Gasteiger partial charge is 0.250 e. The Morgan fingerprint density at radius 2 is 2.00 bits per heavy atom. The maximum atomic E-state index is 6.18. The summed E-state index contributed by atoms with van der Waals surface area (Å²) < 4.78 is 6.40. The molecular formula is C15H15ClN4OS. The van der Waals surface area contributed by atoms with Crippen molar-refractivity contribution in [1.82, 2.24) is 15.1 Å². The molecule has 0 amide bonds. The van der Waals surface area contributed by atoms with E-state index in [0.29, 0.717) is 11.7 Å². The van der Waals surface area contributed by atoms with Gasteiger partial charge < -0.3 is 10.3 Å². The normalized spacial score (nSPS) is 16.6. The van der Waals surface area contributed by atoms with E-state index in [1.807, 2.05) is 24.3 Å². The van der Waals surface area contributed by atoms with Crippen molar-refractivity contribution in [2.24, 2.45) is 5.73 Å². The molecule has 0 unspecified atom stereocenters. The lowest BCUT2D eigenvalue weighted by molar-refractivity contribution is 0.229. The van der Waals surface area contributed by atoms with Crippen LogP contribution in [0.3, 0.4) is 0 Å². The highest BCUT2D eigenvalue weighted by molar-refractivity contribution is 7.19. The Morgan fingerprint density at radius 3 is 2.73 bits per heavy atom. The van der Waals surface area contributed by atoms with Gasteiger partial charge in [0.25, 0.3) is 5.89 Å². The standard InChI is InChI=1S/C15H14N4OS.ClH/c16-15(8-3-9-15)14-18-12(20-19-14)6-7-13-17-10-4-1-2-5-11(10)21-13;/h1-2,4-7H,3,8-9,16H2;1H/b7-6+;. The minimum Gasteiger partial charge on any atom is -0.335 e. The average Bonchev–Trinajstić information content (AvgIpc) is 3.09. The summed E-state index contributed by atoms with van der Waals surface area (Å²) in [5, 5.41) is 4.90. The number of nitrogens with zero attached hydrogens (tertiary/aromatic N) is 3. The highest BCUT2D eigenvalue weighted by Crippen LogP contribution is 2.36. The summed E-state index contributed by atoms with van der Waals surface area (Å²) in [4.78, 5) is 8.89. The van der Waals surface area contributed by atoms with Gasteiger partial charge in [0.1, 0.15) is 5.01 Å². The fourth-order valence-corrected chi connectivity index (χ4v) is 3.26. The first-order valence-electron chi connectivity index (χ1n) is 6.90. The zero-order valence-corrected chi connectivity index (χ0v) is 13.4. The molecule has 22 heavy (non-hydrogen) atoms. The first-order chi connectivity index (χ1) is 10.2. The van der Waals surface area contributed by atoms with Crippen LogP contribution in [0.5, 0.6) is 0 Å². The maximum absolute atomic E-state index is 6.18. The number of thiazole rings is 1. The van der Waals surface area contributed by atoms with Gasteiger partial charge in [-0.1, -0.05) is 17.3 Å². The third kappa shape index (κ3) is 2.65. The monoisotopic (exact) mass is 334 g/mol. The molecule has 2 aromatic heterocycles. The lowest BCUT2D eigenvalue weighted by atomic mass is 9.77. The molecule has 3 aromatic rings. The van der Waals surface area contributed by atoms with Crippen molar-refractivity contribution < 1.29 is 4.52 Å². The van der Waals surface area contributed by atoms with Crippen molar-refractivity contribution in [3.63, 3.8) is 0 Å². The molecular weight excluding hydrogens is 320 g/mol. The van der Waals surface area contributed by atoms with Gasteiger partial charge >= 0.3 is 0 Å². The number of hydrogen-bond acceptors (Lipinski definition) is 6. The molecule has 4 rings (SSSR count). The van der Waals surface area contributed by atoms with Gasteiger partial charge in [-0.3, -0.25) is 0 Å². The molecule has 1 aliphatic carbocycles. The summed E-state index contributed by atoms with van der Waals surface area (Å²) in [6.45, 7) is 0. The second-order valence-electron chi connectivity index (χ2n) is 5.32. The molecule has 1 saturated carbocycles. The minimum absolute atomic E-state index is 0. The summed E-state index contributed by atoms with van der Waals surface area (Å²) in [6.07, 6.45) is 6.66. The highest BCUT2D eigenvalue weighted by Gasteiger charge is 2.38. The van der Waals surface area contributed by atoms with E-state index in [4.69, 9.17) is 10.3 Å². The summed E-state index contributed by atoms with van der Waals surface area (Å²) in [7, 11) is 0. The second kappa shape index (κ2) is 5.79. The average molecular weight is 335 g/mol. The van der Waals surface area contributed by atoms with Crippen LogP contribution >= 0.6 is 23.7 Å². The number of halogens is 1. The van der Waals surface area contributed by atoms with E-state index in [0.717, 1.165) is 29.8 Å². The third-order valence-corrected chi connectivity index (χ3v) is 4.81. The summed E-state index contributed by atoms with van der Waals surface area (Å²) in [6, 6.07) is 8.06. The first-order valence-corrected chi connectivity index (χ1v) is 7.71. The zero-order valence-electron chi connectivity index (χ0n) is 11.7. The van der Waals surface area contributed by atoms with Crippen LogP contribution in [-0.4, -0.2) is 15.1 Å². The molecule has 1 aliphatic rings. The molecule has 5 nitrogen and oxygen atoms in total. The SMILES string of the molecule is Cl.NC1(c2noc(/C=C/c3nc4ccccc4s3)n2)CCC1. The second-order valence-corrected chi connectivity index (χ2v) is 6.38. The Bertz CT molecular complexity index is 789. The molecule has 1 fully saturated rings. The van der Waals surface area contributed by atoms with Crippen molar-refractivity contribution in [1.29, 1.82) is 0 Å². The van der Waals surface area contributed by atoms with Crippen LogP contribution in [0.2, 0.25) is 0 Å². The van der Waals surface area contributed by atoms with Crippen LogP contribution in [0.1, 0.15) is 36.0 Å². The fourth-order valence-electron chi connectivity index (χ4n) is 2.39. The van der Waals surface area contributed by atoms with Gasteiger partial charge in [-0.05, 0) is 37.5 Å². The summed E-state index contributed by atoms with van der Waals surface area (Å²) in [5.41, 5.74) is 6.80. The molecule has 0 aliphatic heterocycles. The Hall–Kier alpha value is -1.76. The lowest BCUT2D eigenvalue weighted by Crippen LogP contribution is -2.44. The Labute approximate surface area is 137 Å². The summed E-state index contributed by atoms with van der Waals surface area (Å²) >= 11 is 1.63. The molecule has 0 spiro atoms. The predicted octanol–water partition coefficient (Wildman–Crippen LogP) is 3.61. The maximum Gasteiger partial charge on any atom is 0.250 e. The van der Waals surface area contributed by atoms with Crippen LogP contribution in [0, 0.1) is 0 Å². The van der Waals surface area contributed by atoms with Crippen LogP contribution < -0.4 is 5.73 Å². The van der Waals surface area contributed by atoms with Crippen molar-refractivity contribution in [2.45, 2.75) is 24.8 Å². The number of rotatable bonds is 3. The van der Waals surface area contributed by atoms with E-state index in [1.165, 1.54) is 4.70 Å². The number of aromatic nitrogens is 3. The van der Waals surface area contributed by atoms with E-state index in [2.05, 4.69) is 21.2 Å². The van der Waals surface area contributed by atoms with E-state index in [-0.39, 0.29) is 17.9 Å². The summed E-state index contributed by atoms with van der Waals surface area (Å²) in [5.74, 6) is 1.08. The number of hydrogen-bond donors (Lipinski definition) is 1. The van der Waals surface area contributed by atoms with E-state index < -0.39 is 0 Å². The van der Waals surface area contributed by atoms with Gasteiger partial charge in [0, 0.05) is 6.08 Å². The highest BCUT2D eigenvalue weighted by atomic mass is 35.5. The van der Waals surface area contributed by atoms with E-state index in [9.17, 15) is 0 Å². The first kappa shape index (κ1) is 15.1. The minimum atomic E-state index is -0.383. The van der Waals surface area contributed by atoms with Gasteiger partial charge in [0.2, 0.25) is 0 Å². The van der Waals surface area contributed by atoms with Gasteiger partial charge in [-0.15, -0.1) is 23.7 Å². The zero-order chi connectivity index (χ0) is 14.3. The van der Waals surface area contributed by atoms with Crippen molar-refractivity contribution >= 4 is 46.1 Å². The number of nitrogens with two attached hydrogens (primary N) is 1. The number of benzene rings is 1. The molecule has 0 atom stereocenters. The molecule has 1 aromatic carbocycles. The number of para-hydroxylation sites is 1. The molecule has 2 N–H and O–H groups in total. The van der Waals surface area contributed by atoms with Crippen LogP contribution in [-0.2, 0) is 5.54 Å². The van der Waals surface area contributed by atoms with E-state index >= 15 is 0 Å². The van der Waals surface area contributed by atoms with Gasteiger partial charge in [0.05, 0.1) is 15.8 Å². The quantitative estimate of drug-likeness (QED) is 0.791. The third-order valence-electron chi connectivity index (χ3n) is 3.81. The van der Waals surface area contributed by atoms with Crippen molar-refractivity contribution in [3.8, 4) is 0 Å². The lowest BCUT2D eigenvalue weighted by Gasteiger charge is -2.34. The van der Waals surface area contributed by atoms with Gasteiger partial charge in [0.15, 0.2) is 5.82 Å². The Morgan fingerprint density at radius 1 is 1.18 bits per heavy atom.